The van der Waals surface area contributed by atoms with E-state index in [9.17, 15) is 23.6 Å². The van der Waals surface area contributed by atoms with Crippen LogP contribution in [0.3, 0.4) is 0 Å². The summed E-state index contributed by atoms with van der Waals surface area (Å²) in [5, 5.41) is 5.37. The molecule has 4 N–H and O–H groups in total. The van der Waals surface area contributed by atoms with Crippen LogP contribution in [0.4, 0.5) is 10.1 Å². The van der Waals surface area contributed by atoms with Gasteiger partial charge < -0.3 is 11.1 Å². The molecule has 0 radical (unpaired) electrons. The van der Waals surface area contributed by atoms with Gasteiger partial charge in [0.15, 0.2) is 0 Å². The molecular formula is C19H21FN4O4. The molecule has 28 heavy (non-hydrogen) atoms. The summed E-state index contributed by atoms with van der Waals surface area (Å²) in [6.45, 7) is -0.0245. The minimum absolute atomic E-state index is 0.0245. The van der Waals surface area contributed by atoms with Crippen LogP contribution in [-0.4, -0.2) is 52.8 Å². The highest BCUT2D eigenvalue weighted by Crippen LogP contribution is 2.35. The van der Waals surface area contributed by atoms with Crippen molar-refractivity contribution in [1.82, 2.24) is 10.2 Å². The summed E-state index contributed by atoms with van der Waals surface area (Å²) < 4.78 is 14.3. The summed E-state index contributed by atoms with van der Waals surface area (Å²) in [5.41, 5.74) is 5.14. The summed E-state index contributed by atoms with van der Waals surface area (Å²) >= 11 is 0. The predicted molar refractivity (Wildman–Crippen MR) is 97.3 cm³/mol. The molecule has 1 unspecified atom stereocenters. The fourth-order valence-corrected chi connectivity index (χ4v) is 4.18. The van der Waals surface area contributed by atoms with Gasteiger partial charge in [-0.1, -0.05) is 0 Å². The van der Waals surface area contributed by atoms with Crippen LogP contribution in [0.2, 0.25) is 0 Å². The van der Waals surface area contributed by atoms with Crippen LogP contribution in [0, 0.1) is 0 Å². The first-order valence-corrected chi connectivity index (χ1v) is 9.32. The van der Waals surface area contributed by atoms with E-state index < -0.39 is 35.3 Å². The van der Waals surface area contributed by atoms with E-state index in [0.717, 1.165) is 4.90 Å². The summed E-state index contributed by atoms with van der Waals surface area (Å²) in [6, 6.07) is 3.66. The van der Waals surface area contributed by atoms with Crippen molar-refractivity contribution in [2.45, 2.75) is 49.9 Å². The molecule has 0 spiro atoms. The summed E-state index contributed by atoms with van der Waals surface area (Å²) in [4.78, 5) is 49.8. The average Bonchev–Trinajstić information content (AvgIpc) is 3.15. The molecule has 4 rings (SSSR count). The zero-order valence-corrected chi connectivity index (χ0v) is 15.2. The number of nitrogens with zero attached hydrogens (tertiary/aromatic N) is 1. The van der Waals surface area contributed by atoms with Gasteiger partial charge in [-0.15, -0.1) is 0 Å². The Morgan fingerprint density at radius 2 is 1.93 bits per heavy atom. The first-order valence-electron chi connectivity index (χ1n) is 9.32. The van der Waals surface area contributed by atoms with E-state index in [2.05, 4.69) is 10.6 Å². The minimum Gasteiger partial charge on any atom is -0.382 e. The maximum Gasteiger partial charge on any atom is 0.262 e. The van der Waals surface area contributed by atoms with Gasteiger partial charge in [-0.2, -0.15) is 0 Å². The van der Waals surface area contributed by atoms with Crippen LogP contribution in [0.15, 0.2) is 18.2 Å². The number of carbonyl (C=O) groups is 4. The molecule has 0 bridgehead atoms. The van der Waals surface area contributed by atoms with E-state index in [4.69, 9.17) is 5.73 Å². The lowest BCUT2D eigenvalue weighted by Gasteiger charge is -2.27. The topological polar surface area (TPSA) is 122 Å². The van der Waals surface area contributed by atoms with Gasteiger partial charge in [0.1, 0.15) is 11.7 Å². The first-order chi connectivity index (χ1) is 13.3. The highest BCUT2D eigenvalue weighted by molar-refractivity contribution is 6.23. The Morgan fingerprint density at radius 1 is 1.18 bits per heavy atom. The number of fused-ring (bicyclic) bond motifs is 1. The molecule has 0 aromatic heterocycles. The number of imide groups is 2. The summed E-state index contributed by atoms with van der Waals surface area (Å²) in [7, 11) is 0. The van der Waals surface area contributed by atoms with Gasteiger partial charge in [0.25, 0.3) is 11.8 Å². The monoisotopic (exact) mass is 388 g/mol. The van der Waals surface area contributed by atoms with E-state index in [0.29, 0.717) is 18.5 Å². The Bertz CT molecular complexity index is 889. The molecule has 1 aliphatic carbocycles. The lowest BCUT2D eigenvalue weighted by molar-refractivity contribution is -0.136. The fourth-order valence-electron chi connectivity index (χ4n) is 4.18. The number of nitrogens with two attached hydrogens (primary N) is 1. The Balaban J connectivity index is 1.53. The SMILES string of the molecule is NC[C@@]1(F)CC[C@@H](Nc2ccc3c(c2)C(=O)N(C2CCC(=O)NC2=O)C3=O)C1. The van der Waals surface area contributed by atoms with Gasteiger partial charge in [0.05, 0.1) is 11.1 Å². The van der Waals surface area contributed by atoms with Gasteiger partial charge in [-0.25, -0.2) is 4.39 Å². The van der Waals surface area contributed by atoms with Gasteiger partial charge in [-0.3, -0.25) is 29.4 Å². The highest BCUT2D eigenvalue weighted by atomic mass is 19.1. The molecule has 3 aliphatic rings. The Kier molecular flexibility index (Phi) is 4.41. The molecule has 1 aromatic carbocycles. The van der Waals surface area contributed by atoms with Crippen molar-refractivity contribution in [1.29, 1.82) is 0 Å². The zero-order chi connectivity index (χ0) is 20.1. The van der Waals surface area contributed by atoms with Crippen molar-refractivity contribution >= 4 is 29.3 Å². The molecule has 9 heteroatoms. The molecule has 2 heterocycles. The molecule has 2 aliphatic heterocycles. The second kappa shape index (κ2) is 6.66. The number of alkyl halides is 1. The smallest absolute Gasteiger partial charge is 0.262 e. The highest BCUT2D eigenvalue weighted by Gasteiger charge is 2.45. The molecule has 8 nitrogen and oxygen atoms in total. The lowest BCUT2D eigenvalue weighted by atomic mass is 10.0. The number of piperidine rings is 1. The Hall–Kier alpha value is -2.81. The van der Waals surface area contributed by atoms with Gasteiger partial charge in [-0.05, 0) is 37.5 Å². The van der Waals surface area contributed by atoms with E-state index >= 15 is 0 Å². The molecule has 4 amide bonds. The minimum atomic E-state index is -1.37. The second-order valence-corrected chi connectivity index (χ2v) is 7.65. The van der Waals surface area contributed by atoms with Crippen LogP contribution in [0.25, 0.3) is 0 Å². The number of benzene rings is 1. The van der Waals surface area contributed by atoms with Crippen molar-refractivity contribution < 1.29 is 23.6 Å². The van der Waals surface area contributed by atoms with Crippen molar-refractivity contribution in [2.24, 2.45) is 5.73 Å². The van der Waals surface area contributed by atoms with E-state index in [1.54, 1.807) is 12.1 Å². The molecule has 148 valence electrons. The van der Waals surface area contributed by atoms with Gasteiger partial charge in [0.2, 0.25) is 11.8 Å². The summed E-state index contributed by atoms with van der Waals surface area (Å²) in [5.74, 6) is -2.17. The van der Waals surface area contributed by atoms with E-state index in [1.807, 2.05) is 0 Å². The normalized spacial score (nSPS) is 29.9. The second-order valence-electron chi connectivity index (χ2n) is 7.65. The number of halogens is 1. The molecule has 1 saturated carbocycles. The van der Waals surface area contributed by atoms with Crippen LogP contribution in [0.5, 0.6) is 0 Å². The van der Waals surface area contributed by atoms with Gasteiger partial charge in [0, 0.05) is 31.1 Å². The number of rotatable bonds is 4. The maximum absolute atomic E-state index is 14.3. The van der Waals surface area contributed by atoms with Crippen LogP contribution in [-0.2, 0) is 9.59 Å². The van der Waals surface area contributed by atoms with E-state index in [1.165, 1.54) is 6.07 Å². The van der Waals surface area contributed by atoms with E-state index in [-0.39, 0.29) is 43.0 Å². The predicted octanol–water partition coefficient (Wildman–Crippen LogP) is 0.719. The van der Waals surface area contributed by atoms with Gasteiger partial charge >= 0.3 is 0 Å². The number of hydrogen-bond donors (Lipinski definition) is 3. The summed E-state index contributed by atoms with van der Waals surface area (Å²) in [6.07, 6.45) is 1.48. The third kappa shape index (κ3) is 3.05. The maximum atomic E-state index is 14.3. The Labute approximate surface area is 160 Å². The van der Waals surface area contributed by atoms with Crippen molar-refractivity contribution in [3.05, 3.63) is 29.3 Å². The molecule has 2 fully saturated rings. The largest absolute Gasteiger partial charge is 0.382 e. The van der Waals surface area contributed by atoms with Crippen LogP contribution < -0.4 is 16.4 Å². The Morgan fingerprint density at radius 3 is 2.61 bits per heavy atom. The number of carbonyl (C=O) groups excluding carboxylic acids is 4. The lowest BCUT2D eigenvalue weighted by Crippen LogP contribution is -2.54. The van der Waals surface area contributed by atoms with Crippen molar-refractivity contribution in [2.75, 3.05) is 11.9 Å². The van der Waals surface area contributed by atoms with Crippen LogP contribution >= 0.6 is 0 Å². The number of anilines is 1. The van der Waals surface area contributed by atoms with Crippen molar-refractivity contribution in [3.8, 4) is 0 Å². The third-order valence-corrected chi connectivity index (χ3v) is 5.73. The molecular weight excluding hydrogens is 367 g/mol. The zero-order valence-electron chi connectivity index (χ0n) is 15.2. The molecule has 3 atom stereocenters. The standard InChI is InChI=1S/C19H21FN4O4/c20-19(9-21)6-5-11(8-19)22-10-1-2-12-13(7-10)18(28)24(17(12)27)14-3-4-15(25)23-16(14)26/h1-2,7,11,14,22H,3-6,8-9,21H2,(H,23,25,26)/t11-,14?,19-/m1/s1. The third-order valence-electron chi connectivity index (χ3n) is 5.73. The average molecular weight is 388 g/mol. The quantitative estimate of drug-likeness (QED) is 0.654. The number of hydrogen-bond acceptors (Lipinski definition) is 6. The fraction of sp³-hybridized carbons (Fsp3) is 0.474. The first kappa shape index (κ1) is 18.5. The number of nitrogens with one attached hydrogen (secondary N) is 2. The van der Waals surface area contributed by atoms with Crippen LogP contribution in [0.1, 0.15) is 52.8 Å². The molecule has 1 saturated heterocycles. The van der Waals surface area contributed by atoms with Crippen molar-refractivity contribution in [3.63, 3.8) is 0 Å². The molecule has 1 aromatic rings. The number of amides is 4.